The number of nitrogen functional groups attached to an aromatic ring is 1. The van der Waals surface area contributed by atoms with Crippen molar-refractivity contribution in [2.45, 2.75) is 25.3 Å². The van der Waals surface area contributed by atoms with Crippen molar-refractivity contribution in [1.82, 2.24) is 14.9 Å². The highest BCUT2D eigenvalue weighted by Crippen LogP contribution is 2.41. The van der Waals surface area contributed by atoms with Crippen LogP contribution < -0.4 is 15.4 Å². The van der Waals surface area contributed by atoms with Gasteiger partial charge in [0.15, 0.2) is 0 Å². The molecule has 2 atom stereocenters. The molecule has 2 fully saturated rings. The normalized spacial score (nSPS) is 22.9. The lowest BCUT2D eigenvalue weighted by atomic mass is 9.92. The van der Waals surface area contributed by atoms with Gasteiger partial charge in [-0.15, -0.1) is 0 Å². The van der Waals surface area contributed by atoms with Crippen molar-refractivity contribution < 1.29 is 14.6 Å². The van der Waals surface area contributed by atoms with Crippen molar-refractivity contribution in [2.75, 3.05) is 36.9 Å². The number of nitrogens with zero attached hydrogens (tertiary/aromatic N) is 4. The van der Waals surface area contributed by atoms with Crippen LogP contribution in [-0.2, 0) is 6.42 Å². The lowest BCUT2D eigenvalue weighted by Gasteiger charge is -2.34. The zero-order valence-corrected chi connectivity index (χ0v) is 18.0. The molecule has 3 N–H and O–H groups in total. The van der Waals surface area contributed by atoms with E-state index in [9.17, 15) is 9.90 Å². The monoisotopic (exact) mass is 507 g/mol. The molecule has 9 heteroatoms. The number of hydrogen-bond acceptors (Lipinski definition) is 6. The summed E-state index contributed by atoms with van der Waals surface area (Å²) in [6, 6.07) is 6.07. The number of hydrogen-bond donors (Lipinski definition) is 2. The maximum Gasteiger partial charge on any atom is 0.407 e. The molecule has 5 rings (SSSR count). The first-order chi connectivity index (χ1) is 14.0. The minimum Gasteiger partial charge on any atom is -0.492 e. The molecule has 2 unspecified atom stereocenters. The van der Waals surface area contributed by atoms with Crippen LogP contribution in [0.3, 0.4) is 0 Å². The number of carbonyl (C=O) groups is 1. The fourth-order valence-corrected chi connectivity index (χ4v) is 5.33. The number of piperidine rings is 1. The van der Waals surface area contributed by atoms with E-state index in [1.807, 2.05) is 18.2 Å². The van der Waals surface area contributed by atoms with Gasteiger partial charge in [-0.2, -0.15) is 4.98 Å². The Bertz CT molecular complexity index is 985. The topological polar surface area (TPSA) is 105 Å². The van der Waals surface area contributed by atoms with Crippen molar-refractivity contribution in [3.8, 4) is 17.0 Å². The van der Waals surface area contributed by atoms with Gasteiger partial charge < -0.3 is 25.4 Å². The van der Waals surface area contributed by atoms with Crippen molar-refractivity contribution >= 4 is 40.5 Å². The van der Waals surface area contributed by atoms with Crippen LogP contribution >= 0.6 is 22.6 Å². The summed E-state index contributed by atoms with van der Waals surface area (Å²) in [6.45, 7) is 2.58. The molecule has 0 saturated carbocycles. The van der Waals surface area contributed by atoms with Gasteiger partial charge in [-0.1, -0.05) is 0 Å². The zero-order chi connectivity index (χ0) is 20.1. The fraction of sp³-hybridized carbons (Fsp3) is 0.450. The molecular formula is C20H22IN5O3. The van der Waals surface area contributed by atoms with Crippen molar-refractivity contribution in [2.24, 2.45) is 5.92 Å². The number of ether oxygens (including phenoxy) is 1. The maximum absolute atomic E-state index is 11.7. The molecule has 1 amide bonds. The fourth-order valence-electron chi connectivity index (χ4n) is 4.87. The first-order valence-corrected chi connectivity index (χ1v) is 10.9. The van der Waals surface area contributed by atoms with E-state index >= 15 is 0 Å². The Hall–Kier alpha value is -2.30. The van der Waals surface area contributed by atoms with Crippen LogP contribution in [0.25, 0.3) is 11.3 Å². The third kappa shape index (κ3) is 3.24. The van der Waals surface area contributed by atoms with E-state index in [0.29, 0.717) is 32.0 Å². The van der Waals surface area contributed by atoms with Crippen LogP contribution in [0.2, 0.25) is 0 Å². The third-order valence-electron chi connectivity index (χ3n) is 6.14. The molecule has 0 radical (unpaired) electrons. The van der Waals surface area contributed by atoms with E-state index in [4.69, 9.17) is 10.5 Å². The molecule has 1 aromatic carbocycles. The van der Waals surface area contributed by atoms with Gasteiger partial charge in [0.2, 0.25) is 5.95 Å². The van der Waals surface area contributed by atoms with Gasteiger partial charge in [-0.05, 0) is 59.5 Å². The second kappa shape index (κ2) is 7.19. The van der Waals surface area contributed by atoms with Crippen LogP contribution in [0.15, 0.2) is 18.2 Å². The highest BCUT2D eigenvalue weighted by Gasteiger charge is 2.42. The first-order valence-electron chi connectivity index (χ1n) is 9.85. The van der Waals surface area contributed by atoms with E-state index in [1.165, 1.54) is 0 Å². The van der Waals surface area contributed by atoms with E-state index in [0.717, 1.165) is 51.3 Å². The molecule has 0 spiro atoms. The minimum absolute atomic E-state index is 0.00369. The number of aromatic nitrogens is 2. The number of carboxylic acid groups (broad SMARTS) is 1. The molecule has 2 aromatic rings. The highest BCUT2D eigenvalue weighted by molar-refractivity contribution is 14.1. The van der Waals surface area contributed by atoms with Gasteiger partial charge in [0, 0.05) is 40.8 Å². The Morgan fingerprint density at radius 1 is 1.31 bits per heavy atom. The lowest BCUT2D eigenvalue weighted by molar-refractivity contribution is 0.0965. The van der Waals surface area contributed by atoms with Crippen molar-refractivity contribution in [3.63, 3.8) is 0 Å². The summed E-state index contributed by atoms with van der Waals surface area (Å²) < 4.78 is 7.10. The van der Waals surface area contributed by atoms with Crippen LogP contribution in [-0.4, -0.2) is 58.4 Å². The average molecular weight is 507 g/mol. The molecule has 0 aliphatic carbocycles. The number of anilines is 2. The molecule has 3 aliphatic heterocycles. The van der Waals surface area contributed by atoms with Gasteiger partial charge in [-0.25, -0.2) is 9.78 Å². The second-order valence-corrected chi connectivity index (χ2v) is 9.07. The van der Waals surface area contributed by atoms with Crippen LogP contribution in [0.5, 0.6) is 5.75 Å². The molecule has 2 saturated heterocycles. The number of likely N-dealkylation sites (tertiary alicyclic amines) is 1. The van der Waals surface area contributed by atoms with E-state index in [-0.39, 0.29) is 12.0 Å². The smallest absolute Gasteiger partial charge is 0.407 e. The number of amides is 1. The van der Waals surface area contributed by atoms with Gasteiger partial charge >= 0.3 is 6.09 Å². The van der Waals surface area contributed by atoms with Gasteiger partial charge in [0.1, 0.15) is 11.6 Å². The SMILES string of the molecule is Nc1nc2c(c(N3CC4CCCN(C(=O)O)C4C3)n1)CCOc1cc(I)ccc1-2. The highest BCUT2D eigenvalue weighted by atomic mass is 127. The summed E-state index contributed by atoms with van der Waals surface area (Å²) in [7, 11) is 0. The Morgan fingerprint density at radius 3 is 3.00 bits per heavy atom. The lowest BCUT2D eigenvalue weighted by Crippen LogP contribution is -2.47. The zero-order valence-electron chi connectivity index (χ0n) is 15.8. The molecular weight excluding hydrogens is 485 g/mol. The largest absolute Gasteiger partial charge is 0.492 e. The molecule has 3 aliphatic rings. The molecule has 152 valence electrons. The average Bonchev–Trinajstić information content (AvgIpc) is 3.04. The molecule has 4 heterocycles. The first kappa shape index (κ1) is 18.7. The van der Waals surface area contributed by atoms with E-state index in [1.54, 1.807) is 4.90 Å². The standard InChI is InChI=1S/C20H22IN5O3/c21-12-3-4-13-16(8-12)29-7-5-14-17(13)23-19(22)24-18(14)25-9-11-2-1-6-26(20(27)28)15(11)10-25/h3-4,8,11,15H,1-2,5-7,9-10H2,(H,27,28)(H2,22,23,24). The van der Waals surface area contributed by atoms with Crippen LogP contribution in [0, 0.1) is 9.49 Å². The second-order valence-electron chi connectivity index (χ2n) is 7.82. The summed E-state index contributed by atoms with van der Waals surface area (Å²) in [5.74, 6) is 2.19. The van der Waals surface area contributed by atoms with Crippen molar-refractivity contribution in [1.29, 1.82) is 0 Å². The predicted molar refractivity (Wildman–Crippen MR) is 117 cm³/mol. The predicted octanol–water partition coefficient (Wildman–Crippen LogP) is 2.84. The Kier molecular flexibility index (Phi) is 4.64. The molecule has 8 nitrogen and oxygen atoms in total. The summed E-state index contributed by atoms with van der Waals surface area (Å²) in [4.78, 5) is 24.6. The van der Waals surface area contributed by atoms with Gasteiger partial charge in [0.25, 0.3) is 0 Å². The minimum atomic E-state index is -0.834. The maximum atomic E-state index is 11.7. The third-order valence-corrected chi connectivity index (χ3v) is 6.81. The van der Waals surface area contributed by atoms with Crippen LogP contribution in [0.1, 0.15) is 18.4 Å². The molecule has 1 aromatic heterocycles. The Morgan fingerprint density at radius 2 is 2.17 bits per heavy atom. The van der Waals surface area contributed by atoms with Gasteiger partial charge in [0.05, 0.1) is 18.3 Å². The number of nitrogens with two attached hydrogens (primary N) is 1. The summed E-state index contributed by atoms with van der Waals surface area (Å²) >= 11 is 2.27. The molecule has 29 heavy (non-hydrogen) atoms. The Labute approximate surface area is 182 Å². The summed E-state index contributed by atoms with van der Waals surface area (Å²) in [5.41, 5.74) is 8.89. The molecule has 0 bridgehead atoms. The van der Waals surface area contributed by atoms with Crippen LogP contribution in [0.4, 0.5) is 16.6 Å². The Balaban J connectivity index is 1.56. The quantitative estimate of drug-likeness (QED) is 0.573. The summed E-state index contributed by atoms with van der Waals surface area (Å²) in [5, 5.41) is 9.59. The number of benzene rings is 1. The van der Waals surface area contributed by atoms with E-state index < -0.39 is 6.09 Å². The summed E-state index contributed by atoms with van der Waals surface area (Å²) in [6.07, 6.45) is 1.80. The number of rotatable bonds is 1. The van der Waals surface area contributed by atoms with Gasteiger partial charge in [-0.3, -0.25) is 0 Å². The number of fused-ring (bicyclic) bond motifs is 4. The van der Waals surface area contributed by atoms with E-state index in [2.05, 4.69) is 37.5 Å². The van der Waals surface area contributed by atoms with Crippen molar-refractivity contribution in [3.05, 3.63) is 27.3 Å². The number of halogens is 1.